The Balaban J connectivity index is 2.45. The Hall–Kier alpha value is -2.26. The van der Waals surface area contributed by atoms with E-state index in [1.807, 2.05) is 0 Å². The highest BCUT2D eigenvalue weighted by molar-refractivity contribution is 5.46. The molecule has 0 bridgehead atoms. The Morgan fingerprint density at radius 1 is 0.957 bits per heavy atom. The first-order valence-corrected chi connectivity index (χ1v) is 7.39. The standard InChI is InChI=1S/C14H22N6O3/c1-9-13(11(3)18(15-9)5-7-21)17-20(23)14-10(2)16-19(6-8-22)12(14)4/h21-22H,5-8H2,1-4H3. The number of aromatic nitrogens is 4. The van der Waals surface area contributed by atoms with Crippen LogP contribution < -0.4 is 0 Å². The molecule has 2 heterocycles. The Labute approximate surface area is 134 Å². The number of rotatable bonds is 6. The normalized spacial score (nSPS) is 12.2. The van der Waals surface area contributed by atoms with E-state index in [9.17, 15) is 5.21 Å². The van der Waals surface area contributed by atoms with Crippen LogP contribution in [0.3, 0.4) is 0 Å². The second kappa shape index (κ2) is 6.88. The zero-order chi connectivity index (χ0) is 17.1. The van der Waals surface area contributed by atoms with E-state index in [1.54, 1.807) is 37.1 Å². The van der Waals surface area contributed by atoms with Gasteiger partial charge in [0.1, 0.15) is 11.4 Å². The zero-order valence-electron chi connectivity index (χ0n) is 13.8. The summed E-state index contributed by atoms with van der Waals surface area (Å²) < 4.78 is 3.21. The quantitative estimate of drug-likeness (QED) is 0.471. The molecule has 0 unspecified atom stereocenters. The first-order valence-electron chi connectivity index (χ1n) is 7.39. The van der Waals surface area contributed by atoms with E-state index >= 15 is 0 Å². The van der Waals surface area contributed by atoms with Crippen LogP contribution in [0.15, 0.2) is 5.11 Å². The summed E-state index contributed by atoms with van der Waals surface area (Å²) in [7, 11) is 0. The highest BCUT2D eigenvalue weighted by Gasteiger charge is 2.22. The molecule has 0 spiro atoms. The van der Waals surface area contributed by atoms with Crippen molar-refractivity contribution in [3.8, 4) is 0 Å². The van der Waals surface area contributed by atoms with Gasteiger partial charge in [-0.2, -0.15) is 10.2 Å². The largest absolute Gasteiger partial charge is 0.594 e. The second-order valence-electron chi connectivity index (χ2n) is 5.31. The van der Waals surface area contributed by atoms with E-state index < -0.39 is 0 Å². The maximum Gasteiger partial charge on any atom is 0.288 e. The van der Waals surface area contributed by atoms with Crippen molar-refractivity contribution in [2.45, 2.75) is 40.8 Å². The van der Waals surface area contributed by atoms with Crippen molar-refractivity contribution >= 4 is 11.4 Å². The van der Waals surface area contributed by atoms with Crippen molar-refractivity contribution in [1.82, 2.24) is 19.6 Å². The van der Waals surface area contributed by atoms with E-state index in [0.29, 0.717) is 46.4 Å². The monoisotopic (exact) mass is 322 g/mol. The van der Waals surface area contributed by atoms with Gasteiger partial charge in [-0.15, -0.1) is 0 Å². The van der Waals surface area contributed by atoms with Gasteiger partial charge in [0.2, 0.25) is 0 Å². The molecule has 0 amide bonds. The summed E-state index contributed by atoms with van der Waals surface area (Å²) in [6, 6.07) is 0. The molecule has 0 aromatic carbocycles. The molecule has 0 aliphatic carbocycles. The Kier molecular flexibility index (Phi) is 5.12. The maximum atomic E-state index is 12.5. The summed E-state index contributed by atoms with van der Waals surface area (Å²) in [5.74, 6) is 0. The van der Waals surface area contributed by atoms with Gasteiger partial charge in [-0.05, 0) is 32.6 Å². The average molecular weight is 322 g/mol. The van der Waals surface area contributed by atoms with Crippen LogP contribution in [0.25, 0.3) is 0 Å². The molecule has 0 saturated carbocycles. The molecule has 2 N–H and O–H groups in total. The van der Waals surface area contributed by atoms with Crippen LogP contribution in [0.4, 0.5) is 11.4 Å². The molecule has 0 atom stereocenters. The maximum absolute atomic E-state index is 12.5. The second-order valence-corrected chi connectivity index (χ2v) is 5.31. The zero-order valence-corrected chi connectivity index (χ0v) is 13.8. The number of aliphatic hydroxyl groups excluding tert-OH is 2. The lowest BCUT2D eigenvalue weighted by atomic mass is 10.3. The Morgan fingerprint density at radius 2 is 1.48 bits per heavy atom. The molecule has 2 aromatic heterocycles. The van der Waals surface area contributed by atoms with E-state index in [-0.39, 0.29) is 13.2 Å². The molecule has 0 aliphatic rings. The third kappa shape index (κ3) is 3.25. The topological polar surface area (TPSA) is 115 Å². The lowest BCUT2D eigenvalue weighted by molar-refractivity contribution is -0.436. The van der Waals surface area contributed by atoms with Crippen LogP contribution >= 0.6 is 0 Å². The molecule has 0 fully saturated rings. The van der Waals surface area contributed by atoms with Crippen molar-refractivity contribution in [2.75, 3.05) is 13.2 Å². The smallest absolute Gasteiger partial charge is 0.288 e. The predicted octanol–water partition coefficient (Wildman–Crippen LogP) is 1.22. The lowest BCUT2D eigenvalue weighted by Gasteiger charge is -2.02. The number of hydrogen-bond acceptors (Lipinski definition) is 6. The Bertz CT molecular complexity index is 731. The summed E-state index contributed by atoms with van der Waals surface area (Å²) in [6.45, 7) is 7.66. The molecule has 0 aliphatic heterocycles. The molecule has 2 aromatic rings. The minimum atomic E-state index is -0.0520. The van der Waals surface area contributed by atoms with Crippen molar-refractivity contribution < 1.29 is 15.1 Å². The minimum absolute atomic E-state index is 0.0331. The molecule has 0 saturated heterocycles. The van der Waals surface area contributed by atoms with Crippen LogP contribution in [0.1, 0.15) is 22.8 Å². The fourth-order valence-corrected chi connectivity index (χ4v) is 2.56. The number of hydrogen-bond donors (Lipinski definition) is 2. The SMILES string of the molecule is Cc1nn(CCO)c(C)c1N=[N+]([O-])c1c(C)nn(CCO)c1C. The molecule has 23 heavy (non-hydrogen) atoms. The van der Waals surface area contributed by atoms with Crippen molar-refractivity contribution in [3.05, 3.63) is 28.0 Å². The van der Waals surface area contributed by atoms with E-state index in [1.165, 1.54) is 0 Å². The third-order valence-corrected chi connectivity index (χ3v) is 3.69. The van der Waals surface area contributed by atoms with Gasteiger partial charge in [-0.1, -0.05) is 0 Å². The van der Waals surface area contributed by atoms with Gasteiger partial charge in [0.15, 0.2) is 5.69 Å². The van der Waals surface area contributed by atoms with E-state index in [4.69, 9.17) is 10.2 Å². The molecular weight excluding hydrogens is 300 g/mol. The molecule has 126 valence electrons. The highest BCUT2D eigenvalue weighted by Crippen LogP contribution is 2.28. The van der Waals surface area contributed by atoms with Gasteiger partial charge in [-0.25, -0.2) is 0 Å². The summed E-state index contributed by atoms with van der Waals surface area (Å²) in [5.41, 5.74) is 3.39. The fraction of sp³-hybridized carbons (Fsp3) is 0.571. The van der Waals surface area contributed by atoms with Crippen molar-refractivity contribution in [3.63, 3.8) is 0 Å². The minimum Gasteiger partial charge on any atom is -0.594 e. The number of aliphatic hydroxyl groups is 2. The lowest BCUT2D eigenvalue weighted by Crippen LogP contribution is -2.06. The summed E-state index contributed by atoms with van der Waals surface area (Å²) in [6.07, 6.45) is 0. The van der Waals surface area contributed by atoms with Crippen LogP contribution in [0.5, 0.6) is 0 Å². The summed E-state index contributed by atoms with van der Waals surface area (Å²) in [5, 5.41) is 43.2. The van der Waals surface area contributed by atoms with Gasteiger partial charge in [0.25, 0.3) is 5.69 Å². The third-order valence-electron chi connectivity index (χ3n) is 3.69. The Morgan fingerprint density at radius 3 is 2.04 bits per heavy atom. The average Bonchev–Trinajstić information content (AvgIpc) is 2.91. The van der Waals surface area contributed by atoms with Gasteiger partial charge in [0, 0.05) is 5.11 Å². The highest BCUT2D eigenvalue weighted by atomic mass is 16.5. The summed E-state index contributed by atoms with van der Waals surface area (Å²) in [4.78, 5) is 0.547. The fourth-order valence-electron chi connectivity index (χ4n) is 2.56. The van der Waals surface area contributed by atoms with Gasteiger partial charge >= 0.3 is 0 Å². The molecular formula is C14H22N6O3. The van der Waals surface area contributed by atoms with Crippen LogP contribution in [-0.2, 0) is 13.1 Å². The molecule has 2 rings (SSSR count). The first kappa shape index (κ1) is 17.1. The number of aryl methyl sites for hydroxylation is 2. The number of azo groups is 1. The number of nitrogens with zero attached hydrogens (tertiary/aromatic N) is 6. The van der Waals surface area contributed by atoms with Gasteiger partial charge in [0.05, 0.1) is 37.7 Å². The summed E-state index contributed by atoms with van der Waals surface area (Å²) >= 11 is 0. The molecule has 9 nitrogen and oxygen atoms in total. The van der Waals surface area contributed by atoms with Gasteiger partial charge < -0.3 is 15.4 Å². The predicted molar refractivity (Wildman–Crippen MR) is 82.9 cm³/mol. The van der Waals surface area contributed by atoms with E-state index in [2.05, 4.69) is 15.3 Å². The van der Waals surface area contributed by atoms with Crippen molar-refractivity contribution in [2.24, 2.45) is 5.11 Å². The van der Waals surface area contributed by atoms with Crippen LogP contribution in [-0.4, -0.2) is 47.8 Å². The van der Waals surface area contributed by atoms with E-state index in [0.717, 1.165) is 5.69 Å². The first-order chi connectivity index (χ1) is 10.9. The van der Waals surface area contributed by atoms with Gasteiger partial charge in [-0.3, -0.25) is 9.36 Å². The van der Waals surface area contributed by atoms with Crippen molar-refractivity contribution in [1.29, 1.82) is 0 Å². The van der Waals surface area contributed by atoms with Crippen LogP contribution in [0, 0.1) is 32.9 Å². The molecule has 0 radical (unpaired) electrons. The van der Waals surface area contributed by atoms with Crippen LogP contribution in [0.2, 0.25) is 0 Å². The molecule has 9 heteroatoms.